The number of aromatic nitrogens is 3. The zero-order chi connectivity index (χ0) is 13.1. The first-order valence-corrected chi connectivity index (χ1v) is 6.92. The van der Waals surface area contributed by atoms with Crippen LogP contribution in [0.2, 0.25) is 0 Å². The lowest BCUT2D eigenvalue weighted by Crippen LogP contribution is -2.03. The van der Waals surface area contributed by atoms with Gasteiger partial charge < -0.3 is 5.73 Å². The number of nitrogens with two attached hydrogens (primary N) is 1. The average molecular weight is 322 g/mol. The van der Waals surface area contributed by atoms with Crippen molar-refractivity contribution in [2.75, 3.05) is 12.0 Å². The summed E-state index contributed by atoms with van der Waals surface area (Å²) in [5, 5.41) is 9.65. The molecule has 0 radical (unpaired) electrons. The largest absolute Gasteiger partial charge is 0.382 e. The molecular weight excluding hydrogens is 314 g/mol. The van der Waals surface area contributed by atoms with Gasteiger partial charge in [-0.25, -0.2) is 15.0 Å². The molecule has 0 spiro atoms. The van der Waals surface area contributed by atoms with E-state index < -0.39 is 0 Å². The molecule has 2 aromatic heterocycles. The van der Waals surface area contributed by atoms with Crippen LogP contribution in [-0.4, -0.2) is 21.2 Å². The predicted octanol–water partition coefficient (Wildman–Crippen LogP) is 2.48. The Morgan fingerprint density at radius 1 is 1.33 bits per heavy atom. The summed E-state index contributed by atoms with van der Waals surface area (Å²) in [5.74, 6) is 0.175. The highest BCUT2D eigenvalue weighted by molar-refractivity contribution is 9.10. The normalized spacial score (nSPS) is 10.1. The summed E-state index contributed by atoms with van der Waals surface area (Å²) in [4.78, 5) is 12.6. The van der Waals surface area contributed by atoms with E-state index in [1.165, 1.54) is 11.8 Å². The number of nitriles is 1. The summed E-state index contributed by atoms with van der Waals surface area (Å²) >= 11 is 4.65. The SMILES string of the molecule is CSc1nc(N)c(C#N)c(-c2cccc(Br)n2)n1. The molecule has 0 unspecified atom stereocenters. The Morgan fingerprint density at radius 3 is 2.72 bits per heavy atom. The number of nitrogen functional groups attached to an aromatic ring is 1. The Labute approximate surface area is 117 Å². The molecule has 0 atom stereocenters. The van der Waals surface area contributed by atoms with Crippen molar-refractivity contribution in [2.45, 2.75) is 5.16 Å². The van der Waals surface area contributed by atoms with Crippen molar-refractivity contribution in [3.05, 3.63) is 28.4 Å². The molecule has 0 aliphatic rings. The summed E-state index contributed by atoms with van der Waals surface area (Å²) in [6.07, 6.45) is 1.85. The van der Waals surface area contributed by atoms with E-state index >= 15 is 0 Å². The molecule has 5 nitrogen and oxygen atoms in total. The minimum atomic E-state index is 0.175. The topological polar surface area (TPSA) is 88.5 Å². The van der Waals surface area contributed by atoms with Gasteiger partial charge in [-0.1, -0.05) is 17.8 Å². The molecule has 90 valence electrons. The van der Waals surface area contributed by atoms with E-state index in [-0.39, 0.29) is 11.4 Å². The van der Waals surface area contributed by atoms with Gasteiger partial charge in [0.05, 0.1) is 5.69 Å². The Kier molecular flexibility index (Phi) is 3.79. The van der Waals surface area contributed by atoms with Crippen LogP contribution in [0.5, 0.6) is 0 Å². The van der Waals surface area contributed by atoms with Gasteiger partial charge in [-0.05, 0) is 34.3 Å². The lowest BCUT2D eigenvalue weighted by Gasteiger charge is -2.06. The van der Waals surface area contributed by atoms with Gasteiger partial charge in [0.25, 0.3) is 0 Å². The van der Waals surface area contributed by atoms with Crippen molar-refractivity contribution in [2.24, 2.45) is 0 Å². The maximum absolute atomic E-state index is 9.14. The number of rotatable bonds is 2. The number of hydrogen-bond donors (Lipinski definition) is 1. The fourth-order valence-corrected chi connectivity index (χ4v) is 2.10. The smallest absolute Gasteiger partial charge is 0.189 e. The van der Waals surface area contributed by atoms with Gasteiger partial charge in [-0.15, -0.1) is 0 Å². The van der Waals surface area contributed by atoms with E-state index in [0.29, 0.717) is 21.1 Å². The monoisotopic (exact) mass is 321 g/mol. The maximum atomic E-state index is 9.14. The molecule has 0 saturated carbocycles. The van der Waals surface area contributed by atoms with Gasteiger partial charge in [-0.2, -0.15) is 5.26 Å². The van der Waals surface area contributed by atoms with Crippen LogP contribution in [0.4, 0.5) is 5.82 Å². The van der Waals surface area contributed by atoms with E-state index in [2.05, 4.69) is 30.9 Å². The highest BCUT2D eigenvalue weighted by Gasteiger charge is 2.14. The van der Waals surface area contributed by atoms with Gasteiger partial charge in [0, 0.05) is 0 Å². The standard InChI is InChI=1S/C11H8BrN5S/c1-18-11-16-9(6(5-13)10(14)17-11)7-3-2-4-8(12)15-7/h2-4H,1H3,(H2,14,16,17). The van der Waals surface area contributed by atoms with Gasteiger partial charge in [0.15, 0.2) is 5.16 Å². The average Bonchev–Trinajstić information content (AvgIpc) is 2.37. The van der Waals surface area contributed by atoms with Gasteiger partial charge in [-0.3, -0.25) is 0 Å². The van der Waals surface area contributed by atoms with Crippen LogP contribution in [0.25, 0.3) is 11.4 Å². The van der Waals surface area contributed by atoms with Gasteiger partial charge in [0.2, 0.25) is 0 Å². The lowest BCUT2D eigenvalue weighted by atomic mass is 10.1. The number of thioether (sulfide) groups is 1. The van der Waals surface area contributed by atoms with Crippen molar-refractivity contribution in [1.29, 1.82) is 5.26 Å². The van der Waals surface area contributed by atoms with Crippen LogP contribution in [0.15, 0.2) is 28.0 Å². The third-order valence-electron chi connectivity index (χ3n) is 2.17. The number of anilines is 1. The Morgan fingerprint density at radius 2 is 2.11 bits per heavy atom. The molecule has 2 aromatic rings. The zero-order valence-electron chi connectivity index (χ0n) is 9.38. The van der Waals surface area contributed by atoms with Crippen LogP contribution in [0.3, 0.4) is 0 Å². The molecule has 18 heavy (non-hydrogen) atoms. The minimum Gasteiger partial charge on any atom is -0.382 e. The number of nitrogens with zero attached hydrogens (tertiary/aromatic N) is 4. The van der Waals surface area contributed by atoms with Crippen molar-refractivity contribution in [1.82, 2.24) is 15.0 Å². The van der Waals surface area contributed by atoms with Crippen LogP contribution < -0.4 is 5.73 Å². The summed E-state index contributed by atoms with van der Waals surface area (Å²) in [6.45, 7) is 0. The van der Waals surface area contributed by atoms with Crippen molar-refractivity contribution in [3.63, 3.8) is 0 Å². The lowest BCUT2D eigenvalue weighted by molar-refractivity contribution is 0.972. The first kappa shape index (κ1) is 12.8. The van der Waals surface area contributed by atoms with E-state index in [9.17, 15) is 0 Å². The zero-order valence-corrected chi connectivity index (χ0v) is 11.8. The van der Waals surface area contributed by atoms with E-state index in [1.807, 2.05) is 18.4 Å². The molecule has 0 saturated heterocycles. The minimum absolute atomic E-state index is 0.175. The third kappa shape index (κ3) is 2.44. The third-order valence-corrected chi connectivity index (χ3v) is 3.16. The van der Waals surface area contributed by atoms with Crippen molar-refractivity contribution in [3.8, 4) is 17.5 Å². The maximum Gasteiger partial charge on any atom is 0.189 e. The van der Waals surface area contributed by atoms with Crippen LogP contribution in [0, 0.1) is 11.3 Å². The number of hydrogen-bond acceptors (Lipinski definition) is 6. The molecule has 0 aliphatic carbocycles. The van der Waals surface area contributed by atoms with Crippen molar-refractivity contribution < 1.29 is 0 Å². The molecule has 0 fully saturated rings. The summed E-state index contributed by atoms with van der Waals surface area (Å²) in [7, 11) is 0. The number of halogens is 1. The van der Waals surface area contributed by atoms with E-state index in [0.717, 1.165) is 0 Å². The van der Waals surface area contributed by atoms with E-state index in [4.69, 9.17) is 11.0 Å². The summed E-state index contributed by atoms with van der Waals surface area (Å²) < 4.78 is 0.673. The highest BCUT2D eigenvalue weighted by Crippen LogP contribution is 2.26. The van der Waals surface area contributed by atoms with E-state index in [1.54, 1.807) is 12.1 Å². The molecule has 0 amide bonds. The van der Waals surface area contributed by atoms with Gasteiger partial charge >= 0.3 is 0 Å². The highest BCUT2D eigenvalue weighted by atomic mass is 79.9. The van der Waals surface area contributed by atoms with Crippen LogP contribution in [0.1, 0.15) is 5.56 Å². The summed E-state index contributed by atoms with van der Waals surface area (Å²) in [6, 6.07) is 7.42. The molecule has 2 N–H and O–H groups in total. The summed E-state index contributed by atoms with van der Waals surface area (Å²) in [5.41, 5.74) is 7.05. The van der Waals surface area contributed by atoms with Crippen molar-refractivity contribution >= 4 is 33.5 Å². The predicted molar refractivity (Wildman–Crippen MR) is 73.9 cm³/mol. The second-order valence-electron chi connectivity index (χ2n) is 3.28. The molecule has 2 heterocycles. The number of pyridine rings is 1. The molecule has 0 aliphatic heterocycles. The van der Waals surface area contributed by atoms with Crippen LogP contribution in [-0.2, 0) is 0 Å². The Bertz CT molecular complexity index is 638. The fourth-order valence-electron chi connectivity index (χ4n) is 1.38. The molecule has 0 bridgehead atoms. The van der Waals surface area contributed by atoms with Gasteiger partial charge in [0.1, 0.15) is 27.7 Å². The second kappa shape index (κ2) is 5.33. The molecular formula is C11H8BrN5S. The Balaban J connectivity index is 2.69. The quantitative estimate of drug-likeness (QED) is 0.519. The molecule has 2 rings (SSSR count). The second-order valence-corrected chi connectivity index (χ2v) is 4.86. The molecule has 0 aromatic carbocycles. The fraction of sp³-hybridized carbons (Fsp3) is 0.0909. The first-order valence-electron chi connectivity index (χ1n) is 4.90. The first-order chi connectivity index (χ1) is 8.65. The van der Waals surface area contributed by atoms with Crippen LogP contribution >= 0.6 is 27.7 Å². The Hall–Kier alpha value is -1.65. The molecule has 7 heteroatoms.